The molecule has 6 rings (SSSR count). The van der Waals surface area contributed by atoms with Gasteiger partial charge in [-0.05, 0) is 61.4 Å². The fourth-order valence-corrected chi connectivity index (χ4v) is 5.36. The first kappa shape index (κ1) is 38.3. The number of carbonyl (C=O) groups excluding carboxylic acids is 2. The lowest BCUT2D eigenvalue weighted by Gasteiger charge is -2.17. The maximum Gasteiger partial charge on any atom is 0.305 e. The summed E-state index contributed by atoms with van der Waals surface area (Å²) in [5, 5.41) is 23.6. The number of aryl methyl sites for hydroxylation is 2. The molecule has 0 spiro atoms. The molecule has 0 aliphatic carbocycles. The molecule has 0 unspecified atom stereocenters. The number of oxazole rings is 2. The maximum absolute atomic E-state index is 13.9. The normalized spacial score (nSPS) is 11.8. The van der Waals surface area contributed by atoms with Gasteiger partial charge >= 0.3 is 11.9 Å². The summed E-state index contributed by atoms with van der Waals surface area (Å²) in [5.41, 5.74) is 2.07. The summed E-state index contributed by atoms with van der Waals surface area (Å²) in [6.45, 7) is 3.15. The van der Waals surface area contributed by atoms with Crippen molar-refractivity contribution in [2.45, 2.75) is 38.8 Å². The van der Waals surface area contributed by atoms with Crippen molar-refractivity contribution in [3.63, 3.8) is 0 Å². The quantitative estimate of drug-likeness (QED) is 0.0983. The lowest BCUT2D eigenvalue weighted by molar-refractivity contribution is -0.138. The summed E-state index contributed by atoms with van der Waals surface area (Å²) in [4.78, 5) is 55.9. The Balaban J connectivity index is 0.000000208. The molecule has 0 saturated heterocycles. The molecule has 4 N–H and O–H groups in total. The highest BCUT2D eigenvalue weighted by Gasteiger charge is 2.25. The van der Waals surface area contributed by atoms with Gasteiger partial charge in [0, 0.05) is 5.56 Å². The molecule has 54 heavy (non-hydrogen) atoms. The molecule has 2 aromatic heterocycles. The Hall–Kier alpha value is -6.96. The van der Waals surface area contributed by atoms with Crippen LogP contribution in [0, 0.1) is 25.5 Å². The van der Waals surface area contributed by atoms with E-state index in [2.05, 4.69) is 20.6 Å². The number of nitrogens with one attached hydrogen (secondary N) is 2. The number of carboxylic acids is 2. The first-order chi connectivity index (χ1) is 25.9. The van der Waals surface area contributed by atoms with Crippen molar-refractivity contribution >= 4 is 23.8 Å². The number of hydrogen-bond acceptors (Lipinski definition) is 8. The van der Waals surface area contributed by atoms with Gasteiger partial charge < -0.3 is 29.7 Å². The van der Waals surface area contributed by atoms with Crippen molar-refractivity contribution in [1.82, 2.24) is 20.6 Å². The van der Waals surface area contributed by atoms with E-state index in [9.17, 15) is 28.0 Å². The molecule has 6 aromatic rings. The van der Waals surface area contributed by atoms with Gasteiger partial charge in [0.25, 0.3) is 11.8 Å². The molecule has 0 saturated carbocycles. The molecule has 2 heterocycles. The SMILES string of the molecule is Cc1oc(-c2ccccc2)nc1C(=O)N[C@@H](CC(=O)O)c1ccc(F)cc1.Cc1oc(-c2ccccc2F)nc1C(=O)N[C@@H](CC(=O)O)c1ccccc1. The highest BCUT2D eigenvalue weighted by molar-refractivity contribution is 5.95. The summed E-state index contributed by atoms with van der Waals surface area (Å²) in [6, 6.07) is 27.6. The van der Waals surface area contributed by atoms with E-state index >= 15 is 0 Å². The minimum absolute atomic E-state index is 0.00903. The zero-order valence-electron chi connectivity index (χ0n) is 29.0. The van der Waals surface area contributed by atoms with Crippen LogP contribution in [0.3, 0.4) is 0 Å². The molecule has 0 aliphatic heterocycles. The Labute approximate surface area is 307 Å². The van der Waals surface area contributed by atoms with Crippen LogP contribution in [0.1, 0.15) is 68.5 Å². The summed E-state index contributed by atoms with van der Waals surface area (Å²) in [5.74, 6) is -3.42. The Bertz CT molecular complexity index is 2240. The molecule has 2 amide bonds. The number of aromatic nitrogens is 2. The average Bonchev–Trinajstić information content (AvgIpc) is 3.74. The van der Waals surface area contributed by atoms with Crippen LogP contribution >= 0.6 is 0 Å². The molecule has 14 heteroatoms. The largest absolute Gasteiger partial charge is 0.481 e. The van der Waals surface area contributed by atoms with E-state index in [1.807, 2.05) is 18.2 Å². The van der Waals surface area contributed by atoms with E-state index in [-0.39, 0.29) is 41.4 Å². The van der Waals surface area contributed by atoms with Crippen LogP contribution in [0.5, 0.6) is 0 Å². The Morgan fingerprint density at radius 2 is 1.06 bits per heavy atom. The second kappa shape index (κ2) is 17.5. The molecule has 0 fully saturated rings. The number of carboxylic acid groups (broad SMARTS) is 2. The molecule has 0 aliphatic rings. The van der Waals surface area contributed by atoms with Crippen molar-refractivity contribution < 1.29 is 47.0 Å². The van der Waals surface area contributed by atoms with Crippen LogP contribution in [0.2, 0.25) is 0 Å². The molecule has 0 radical (unpaired) electrons. The van der Waals surface area contributed by atoms with Gasteiger partial charge in [0.05, 0.1) is 30.5 Å². The number of hydrogen-bond donors (Lipinski definition) is 4. The van der Waals surface area contributed by atoms with Gasteiger partial charge in [0.2, 0.25) is 11.8 Å². The first-order valence-electron chi connectivity index (χ1n) is 16.5. The molecular formula is C40H34F2N4O8. The highest BCUT2D eigenvalue weighted by Crippen LogP contribution is 2.26. The van der Waals surface area contributed by atoms with Crippen LogP contribution in [0.4, 0.5) is 8.78 Å². The number of nitrogens with zero attached hydrogens (tertiary/aromatic N) is 2. The van der Waals surface area contributed by atoms with E-state index < -0.39 is 47.5 Å². The van der Waals surface area contributed by atoms with Gasteiger partial charge in [-0.2, -0.15) is 0 Å². The summed E-state index contributed by atoms with van der Waals surface area (Å²) < 4.78 is 38.1. The minimum atomic E-state index is -1.09. The van der Waals surface area contributed by atoms with Gasteiger partial charge in [-0.3, -0.25) is 19.2 Å². The van der Waals surface area contributed by atoms with Gasteiger partial charge in [0.15, 0.2) is 11.4 Å². The minimum Gasteiger partial charge on any atom is -0.481 e. The molecule has 4 aromatic carbocycles. The topological polar surface area (TPSA) is 185 Å². The Morgan fingerprint density at radius 3 is 1.57 bits per heavy atom. The number of rotatable bonds is 12. The summed E-state index contributed by atoms with van der Waals surface area (Å²) >= 11 is 0. The van der Waals surface area contributed by atoms with Crippen molar-refractivity contribution in [1.29, 1.82) is 0 Å². The van der Waals surface area contributed by atoms with Gasteiger partial charge in [-0.1, -0.05) is 72.8 Å². The first-order valence-corrected chi connectivity index (χ1v) is 16.5. The lowest BCUT2D eigenvalue weighted by atomic mass is 10.0. The monoisotopic (exact) mass is 736 g/mol. The summed E-state index contributed by atoms with van der Waals surface area (Å²) in [6.07, 6.45) is -0.632. The molecule has 2 atom stereocenters. The highest BCUT2D eigenvalue weighted by atomic mass is 19.1. The van der Waals surface area contributed by atoms with Gasteiger partial charge in [-0.25, -0.2) is 18.7 Å². The maximum atomic E-state index is 13.9. The number of amides is 2. The van der Waals surface area contributed by atoms with E-state index in [1.54, 1.807) is 68.4 Å². The van der Waals surface area contributed by atoms with E-state index in [1.165, 1.54) is 36.4 Å². The summed E-state index contributed by atoms with van der Waals surface area (Å²) in [7, 11) is 0. The Morgan fingerprint density at radius 1 is 0.611 bits per heavy atom. The number of benzene rings is 4. The fraction of sp³-hybridized carbons (Fsp3) is 0.150. The second-order valence-electron chi connectivity index (χ2n) is 11.9. The molecular weight excluding hydrogens is 702 g/mol. The third-order valence-electron chi connectivity index (χ3n) is 7.99. The standard InChI is InChI=1S/2C20H17FN2O4/c1-12-18(23-20(27-12)14-9-5-6-10-15(14)21)19(26)22-16(11-17(24)25)13-7-3-2-4-8-13;1-12-18(23-20(27-12)14-5-3-2-4-6-14)19(26)22-16(11-17(24)25)13-7-9-15(21)10-8-13/h2*2-10,16H,11H2,1H3,(H,22,26)(H,24,25)/t2*16-/m00/s1. The van der Waals surface area contributed by atoms with E-state index in [0.717, 1.165) is 5.56 Å². The zero-order chi connectivity index (χ0) is 38.8. The van der Waals surface area contributed by atoms with Crippen LogP contribution < -0.4 is 10.6 Å². The molecule has 12 nitrogen and oxygen atoms in total. The number of aliphatic carboxylic acids is 2. The van der Waals surface area contributed by atoms with E-state index in [4.69, 9.17) is 19.0 Å². The van der Waals surface area contributed by atoms with E-state index in [0.29, 0.717) is 22.8 Å². The smallest absolute Gasteiger partial charge is 0.305 e. The van der Waals surface area contributed by atoms with Crippen molar-refractivity contribution in [3.8, 4) is 22.9 Å². The zero-order valence-corrected chi connectivity index (χ0v) is 29.0. The number of carbonyl (C=O) groups is 4. The lowest BCUT2D eigenvalue weighted by Crippen LogP contribution is -2.30. The number of halogens is 2. The second-order valence-corrected chi connectivity index (χ2v) is 11.9. The fourth-order valence-electron chi connectivity index (χ4n) is 5.36. The Kier molecular flexibility index (Phi) is 12.4. The molecule has 0 bridgehead atoms. The van der Waals surface area contributed by atoms with Crippen LogP contribution in [-0.4, -0.2) is 43.9 Å². The average molecular weight is 737 g/mol. The third kappa shape index (κ3) is 9.88. The van der Waals surface area contributed by atoms with Crippen molar-refractivity contribution in [2.75, 3.05) is 0 Å². The van der Waals surface area contributed by atoms with Crippen molar-refractivity contribution in [2.24, 2.45) is 0 Å². The van der Waals surface area contributed by atoms with Gasteiger partial charge in [0.1, 0.15) is 23.2 Å². The molecule has 276 valence electrons. The van der Waals surface area contributed by atoms with Gasteiger partial charge in [-0.15, -0.1) is 0 Å². The van der Waals surface area contributed by atoms with Crippen molar-refractivity contribution in [3.05, 3.63) is 155 Å². The third-order valence-corrected chi connectivity index (χ3v) is 7.99. The predicted molar refractivity (Wildman–Crippen MR) is 191 cm³/mol. The van der Waals surface area contributed by atoms with Crippen LogP contribution in [0.25, 0.3) is 22.9 Å². The van der Waals surface area contributed by atoms with Crippen LogP contribution in [0.15, 0.2) is 118 Å². The van der Waals surface area contributed by atoms with Crippen LogP contribution in [-0.2, 0) is 9.59 Å². The predicted octanol–water partition coefficient (Wildman–Crippen LogP) is 7.47.